The van der Waals surface area contributed by atoms with Crippen LogP contribution in [0.15, 0.2) is 30.5 Å². The number of halogens is 1. The van der Waals surface area contributed by atoms with Crippen LogP contribution < -0.4 is 4.74 Å². The van der Waals surface area contributed by atoms with Crippen LogP contribution in [-0.4, -0.2) is 9.97 Å². The molecule has 2 aromatic rings. The van der Waals surface area contributed by atoms with Gasteiger partial charge in [-0.05, 0) is 31.5 Å². The Bertz CT molecular complexity index is 529. The van der Waals surface area contributed by atoms with Gasteiger partial charge in [0.05, 0.1) is 5.69 Å². The molecule has 0 saturated carbocycles. The molecule has 4 heteroatoms. The molecule has 0 unspecified atom stereocenters. The minimum Gasteiger partial charge on any atom is -0.455 e. The average molecular weight is 249 g/mol. The molecule has 17 heavy (non-hydrogen) atoms. The van der Waals surface area contributed by atoms with Gasteiger partial charge in [-0.2, -0.15) is 0 Å². The van der Waals surface area contributed by atoms with Crippen molar-refractivity contribution in [1.29, 1.82) is 0 Å². The second kappa shape index (κ2) is 5.15. The highest BCUT2D eigenvalue weighted by molar-refractivity contribution is 6.29. The van der Waals surface area contributed by atoms with Gasteiger partial charge in [0, 0.05) is 18.0 Å². The minimum absolute atomic E-state index is 0.415. The maximum absolute atomic E-state index is 5.79. The third-order valence-electron chi connectivity index (χ3n) is 2.38. The molecule has 2 rings (SSSR count). The van der Waals surface area contributed by atoms with Crippen LogP contribution in [0.25, 0.3) is 0 Å². The van der Waals surface area contributed by atoms with Crippen molar-refractivity contribution >= 4 is 11.6 Å². The fourth-order valence-corrected chi connectivity index (χ4v) is 1.64. The van der Waals surface area contributed by atoms with E-state index >= 15 is 0 Å². The molecule has 0 aliphatic heterocycles. The van der Waals surface area contributed by atoms with Crippen LogP contribution in [0.3, 0.4) is 0 Å². The molecule has 0 spiro atoms. The molecule has 0 radical (unpaired) electrons. The lowest BCUT2D eigenvalue weighted by molar-refractivity contribution is 0.474. The predicted octanol–water partition coefficient (Wildman–Crippen LogP) is 3.79. The zero-order chi connectivity index (χ0) is 12.3. The molecule has 0 amide bonds. The smallest absolute Gasteiger partial charge is 0.148 e. The molecule has 2 aromatic heterocycles. The standard InChI is InChI=1S/C13H13ClN2O/c1-3-10-4-5-12(9(2)16-10)17-11-6-7-15-13(14)8-11/h4-8H,3H2,1-2H3. The zero-order valence-electron chi connectivity index (χ0n) is 9.77. The Balaban J connectivity index is 2.24. The monoisotopic (exact) mass is 248 g/mol. The Hall–Kier alpha value is -1.61. The topological polar surface area (TPSA) is 35.0 Å². The summed E-state index contributed by atoms with van der Waals surface area (Å²) in [5, 5.41) is 0.415. The van der Waals surface area contributed by atoms with E-state index in [0.29, 0.717) is 10.9 Å². The lowest BCUT2D eigenvalue weighted by Crippen LogP contribution is -1.94. The second-order valence-electron chi connectivity index (χ2n) is 3.66. The summed E-state index contributed by atoms with van der Waals surface area (Å²) in [5.74, 6) is 1.41. The van der Waals surface area contributed by atoms with E-state index in [0.717, 1.165) is 23.6 Å². The molecular weight excluding hydrogens is 236 g/mol. The molecule has 0 bridgehead atoms. The molecule has 3 nitrogen and oxygen atoms in total. The average Bonchev–Trinajstić information content (AvgIpc) is 2.32. The van der Waals surface area contributed by atoms with E-state index in [1.165, 1.54) is 0 Å². The quantitative estimate of drug-likeness (QED) is 0.775. The number of aryl methyl sites for hydroxylation is 2. The van der Waals surface area contributed by atoms with Gasteiger partial charge in [0.15, 0.2) is 0 Å². The number of aromatic nitrogens is 2. The molecule has 0 saturated heterocycles. The number of ether oxygens (including phenoxy) is 1. The summed E-state index contributed by atoms with van der Waals surface area (Å²) in [7, 11) is 0. The summed E-state index contributed by atoms with van der Waals surface area (Å²) in [6, 6.07) is 7.33. The SMILES string of the molecule is CCc1ccc(Oc2ccnc(Cl)c2)c(C)n1. The summed E-state index contributed by atoms with van der Waals surface area (Å²) >= 11 is 5.79. The minimum atomic E-state index is 0.415. The van der Waals surface area contributed by atoms with E-state index in [1.54, 1.807) is 18.3 Å². The first-order valence-corrected chi connectivity index (χ1v) is 5.82. The predicted molar refractivity (Wildman–Crippen MR) is 67.7 cm³/mol. The number of pyridine rings is 2. The largest absolute Gasteiger partial charge is 0.455 e. The van der Waals surface area contributed by atoms with Crippen LogP contribution in [0.2, 0.25) is 5.15 Å². The highest BCUT2D eigenvalue weighted by Gasteiger charge is 2.04. The zero-order valence-corrected chi connectivity index (χ0v) is 10.5. The van der Waals surface area contributed by atoms with Crippen LogP contribution in [0.5, 0.6) is 11.5 Å². The molecule has 0 aromatic carbocycles. The van der Waals surface area contributed by atoms with Gasteiger partial charge in [-0.1, -0.05) is 18.5 Å². The number of rotatable bonds is 3. The fraction of sp³-hybridized carbons (Fsp3) is 0.231. The summed E-state index contributed by atoms with van der Waals surface area (Å²) in [6.45, 7) is 4.00. The molecule has 0 atom stereocenters. The summed E-state index contributed by atoms with van der Waals surface area (Å²) in [5.41, 5.74) is 1.93. The first-order valence-electron chi connectivity index (χ1n) is 5.45. The molecular formula is C13H13ClN2O. The Kier molecular flexibility index (Phi) is 3.59. The van der Waals surface area contributed by atoms with Gasteiger partial charge in [0.2, 0.25) is 0 Å². The van der Waals surface area contributed by atoms with Crippen molar-refractivity contribution in [3.8, 4) is 11.5 Å². The van der Waals surface area contributed by atoms with Crippen molar-refractivity contribution < 1.29 is 4.74 Å². The van der Waals surface area contributed by atoms with E-state index in [-0.39, 0.29) is 0 Å². The lowest BCUT2D eigenvalue weighted by Gasteiger charge is -2.09. The Morgan fingerprint density at radius 1 is 1.29 bits per heavy atom. The first-order chi connectivity index (χ1) is 8.19. The number of nitrogens with zero attached hydrogens (tertiary/aromatic N) is 2. The Morgan fingerprint density at radius 2 is 2.12 bits per heavy atom. The van der Waals surface area contributed by atoms with Gasteiger partial charge in [0.1, 0.15) is 16.7 Å². The van der Waals surface area contributed by atoms with Crippen LogP contribution in [-0.2, 0) is 6.42 Å². The number of hydrogen-bond donors (Lipinski definition) is 0. The van der Waals surface area contributed by atoms with Crippen LogP contribution in [0, 0.1) is 6.92 Å². The highest BCUT2D eigenvalue weighted by atomic mass is 35.5. The third kappa shape index (κ3) is 2.94. The van der Waals surface area contributed by atoms with E-state index in [1.807, 2.05) is 19.1 Å². The summed E-state index contributed by atoms with van der Waals surface area (Å²) < 4.78 is 5.70. The van der Waals surface area contributed by atoms with Gasteiger partial charge >= 0.3 is 0 Å². The van der Waals surface area contributed by atoms with Crippen molar-refractivity contribution in [2.24, 2.45) is 0 Å². The molecule has 0 aliphatic carbocycles. The maximum Gasteiger partial charge on any atom is 0.148 e. The summed E-state index contributed by atoms with van der Waals surface area (Å²) in [4.78, 5) is 8.34. The van der Waals surface area contributed by atoms with Crippen molar-refractivity contribution in [2.45, 2.75) is 20.3 Å². The van der Waals surface area contributed by atoms with Gasteiger partial charge in [-0.25, -0.2) is 4.98 Å². The van der Waals surface area contributed by atoms with E-state index < -0.39 is 0 Å². The van der Waals surface area contributed by atoms with Crippen molar-refractivity contribution in [2.75, 3.05) is 0 Å². The normalized spacial score (nSPS) is 10.3. The van der Waals surface area contributed by atoms with Gasteiger partial charge in [-0.15, -0.1) is 0 Å². The Labute approximate surface area is 105 Å². The first kappa shape index (κ1) is 11.9. The molecule has 2 heterocycles. The van der Waals surface area contributed by atoms with Gasteiger partial charge in [-0.3, -0.25) is 4.98 Å². The van der Waals surface area contributed by atoms with Gasteiger partial charge < -0.3 is 4.74 Å². The fourth-order valence-electron chi connectivity index (χ4n) is 1.48. The summed E-state index contributed by atoms with van der Waals surface area (Å²) in [6.07, 6.45) is 2.53. The Morgan fingerprint density at radius 3 is 2.76 bits per heavy atom. The lowest BCUT2D eigenvalue weighted by atomic mass is 10.2. The van der Waals surface area contributed by atoms with E-state index in [2.05, 4.69) is 16.9 Å². The maximum atomic E-state index is 5.79. The third-order valence-corrected chi connectivity index (χ3v) is 2.59. The highest BCUT2D eigenvalue weighted by Crippen LogP contribution is 2.25. The molecule has 0 fully saturated rings. The van der Waals surface area contributed by atoms with Crippen LogP contribution in [0.1, 0.15) is 18.3 Å². The molecule has 88 valence electrons. The van der Waals surface area contributed by atoms with Crippen molar-refractivity contribution in [3.05, 3.63) is 47.0 Å². The molecule has 0 N–H and O–H groups in total. The number of hydrogen-bond acceptors (Lipinski definition) is 3. The van der Waals surface area contributed by atoms with E-state index in [4.69, 9.17) is 16.3 Å². The van der Waals surface area contributed by atoms with Crippen LogP contribution >= 0.6 is 11.6 Å². The van der Waals surface area contributed by atoms with Gasteiger partial charge in [0.25, 0.3) is 0 Å². The molecule has 0 aliphatic rings. The second-order valence-corrected chi connectivity index (χ2v) is 4.04. The van der Waals surface area contributed by atoms with E-state index in [9.17, 15) is 0 Å². The van der Waals surface area contributed by atoms with Crippen LogP contribution in [0.4, 0.5) is 0 Å². The van der Waals surface area contributed by atoms with Crippen molar-refractivity contribution in [1.82, 2.24) is 9.97 Å². The van der Waals surface area contributed by atoms with Crippen molar-refractivity contribution in [3.63, 3.8) is 0 Å².